The number of nitrogens with zero attached hydrogens (tertiary/aromatic N) is 4. The van der Waals surface area contributed by atoms with E-state index in [4.69, 9.17) is 46.4 Å². The number of benzene rings is 2. The highest BCUT2D eigenvalue weighted by Gasteiger charge is 2.25. The molecule has 0 spiro atoms. The molecule has 3 heterocycles. The molecule has 0 bridgehead atoms. The maximum absolute atomic E-state index is 6.16. The Balaban J connectivity index is 1.34. The van der Waals surface area contributed by atoms with Crippen LogP contribution in [0.3, 0.4) is 0 Å². The molecule has 0 fully saturated rings. The highest BCUT2D eigenvalue weighted by atomic mass is 35.5. The van der Waals surface area contributed by atoms with Crippen LogP contribution in [0.1, 0.15) is 11.1 Å². The first-order chi connectivity index (χ1) is 16.5. The second-order valence-corrected chi connectivity index (χ2v) is 12.6. The minimum absolute atomic E-state index is 0.546. The topological polar surface area (TPSA) is 51.6 Å². The van der Waals surface area contributed by atoms with Crippen molar-refractivity contribution in [3.63, 3.8) is 0 Å². The number of hydrogen-bond donors (Lipinski definition) is 0. The molecule has 0 radical (unpaired) electrons. The van der Waals surface area contributed by atoms with Crippen molar-refractivity contribution in [3.05, 3.63) is 80.0 Å². The average molecular weight is 602 g/mol. The van der Waals surface area contributed by atoms with Gasteiger partial charge in [0.2, 0.25) is 0 Å². The Morgan fingerprint density at radius 3 is 1.47 bits per heavy atom. The number of halogens is 4. The van der Waals surface area contributed by atoms with E-state index < -0.39 is 0 Å². The van der Waals surface area contributed by atoms with Crippen molar-refractivity contribution >= 4 is 93.5 Å². The third-order valence-corrected chi connectivity index (χ3v) is 11.0. The predicted molar refractivity (Wildman–Crippen MR) is 144 cm³/mol. The van der Waals surface area contributed by atoms with Gasteiger partial charge in [0.15, 0.2) is 0 Å². The van der Waals surface area contributed by atoms with Crippen LogP contribution in [0.4, 0.5) is 0 Å². The van der Waals surface area contributed by atoms with Crippen LogP contribution in [0.2, 0.25) is 20.1 Å². The first-order valence-electron chi connectivity index (χ1n) is 9.68. The molecule has 0 N–H and O–H groups in total. The van der Waals surface area contributed by atoms with E-state index in [1.165, 1.54) is 0 Å². The summed E-state index contributed by atoms with van der Waals surface area (Å²) in [6, 6.07) is 11.3. The van der Waals surface area contributed by atoms with Gasteiger partial charge in [-0.2, -0.15) is 10.2 Å². The lowest BCUT2D eigenvalue weighted by Gasteiger charge is -2.20. The number of hydrogen-bond acceptors (Lipinski definition) is 8. The summed E-state index contributed by atoms with van der Waals surface area (Å²) >= 11 is 30.9. The van der Waals surface area contributed by atoms with Crippen LogP contribution in [0.25, 0.3) is 0 Å². The molecule has 0 amide bonds. The Morgan fingerprint density at radius 2 is 1.06 bits per heavy atom. The first kappa shape index (κ1) is 24.8. The van der Waals surface area contributed by atoms with Gasteiger partial charge in [-0.1, -0.05) is 106 Å². The molecular formula is C22H12Cl4N4S4. The van der Waals surface area contributed by atoms with E-state index in [2.05, 4.69) is 20.4 Å². The SMILES string of the molecule is Clc1ccc(CSc2nncc3c2Sc2cnnc(SCc4ccc(Cl)c(Cl)c4)c2S3)cc1Cl. The van der Waals surface area contributed by atoms with Gasteiger partial charge in [0.05, 0.1) is 42.3 Å². The van der Waals surface area contributed by atoms with Crippen molar-refractivity contribution in [1.82, 2.24) is 20.4 Å². The number of thioether (sulfide) groups is 2. The quantitative estimate of drug-likeness (QED) is 0.179. The van der Waals surface area contributed by atoms with Gasteiger partial charge in [0, 0.05) is 21.3 Å². The minimum Gasteiger partial charge on any atom is -0.157 e. The van der Waals surface area contributed by atoms with E-state index in [1.54, 1.807) is 59.4 Å². The number of aromatic nitrogens is 4. The molecule has 34 heavy (non-hydrogen) atoms. The molecular weight excluding hydrogens is 590 g/mol. The smallest absolute Gasteiger partial charge is 0.134 e. The Bertz CT molecular complexity index is 1280. The molecule has 4 aromatic rings. The zero-order valence-electron chi connectivity index (χ0n) is 17.0. The molecule has 2 aromatic carbocycles. The lowest BCUT2D eigenvalue weighted by molar-refractivity contribution is 0.801. The highest BCUT2D eigenvalue weighted by Crippen LogP contribution is 2.52. The van der Waals surface area contributed by atoms with Gasteiger partial charge in [-0.3, -0.25) is 0 Å². The average Bonchev–Trinajstić information content (AvgIpc) is 2.84. The molecule has 0 saturated heterocycles. The summed E-state index contributed by atoms with van der Waals surface area (Å²) in [4.78, 5) is 4.25. The predicted octanol–water partition coefficient (Wildman–Crippen LogP) is 9.08. The summed E-state index contributed by atoms with van der Waals surface area (Å²) < 4.78 is 0. The van der Waals surface area contributed by atoms with Crippen LogP contribution in [0.5, 0.6) is 0 Å². The van der Waals surface area contributed by atoms with Crippen LogP contribution in [-0.2, 0) is 11.5 Å². The molecule has 12 heteroatoms. The summed E-state index contributed by atoms with van der Waals surface area (Å²) in [6.45, 7) is 0. The van der Waals surface area contributed by atoms with E-state index in [1.807, 2.05) is 36.4 Å². The lowest BCUT2D eigenvalue weighted by Crippen LogP contribution is -2.00. The fraction of sp³-hybridized carbons (Fsp3) is 0.0909. The molecule has 172 valence electrons. The van der Waals surface area contributed by atoms with Crippen molar-refractivity contribution in [2.45, 2.75) is 41.1 Å². The maximum Gasteiger partial charge on any atom is 0.134 e. The Hall–Kier alpha value is -0.840. The van der Waals surface area contributed by atoms with Gasteiger partial charge in [-0.05, 0) is 35.4 Å². The van der Waals surface area contributed by atoms with Gasteiger partial charge in [-0.25, -0.2) is 0 Å². The van der Waals surface area contributed by atoms with Crippen molar-refractivity contribution in [3.8, 4) is 0 Å². The summed E-state index contributed by atoms with van der Waals surface area (Å²) in [7, 11) is 0. The summed E-state index contributed by atoms with van der Waals surface area (Å²) in [5.74, 6) is 1.42. The molecule has 0 aliphatic carbocycles. The van der Waals surface area contributed by atoms with Gasteiger partial charge in [0.25, 0.3) is 0 Å². The van der Waals surface area contributed by atoms with Crippen molar-refractivity contribution < 1.29 is 0 Å². The summed E-state index contributed by atoms with van der Waals surface area (Å²) in [5.41, 5.74) is 2.14. The van der Waals surface area contributed by atoms with E-state index in [9.17, 15) is 0 Å². The van der Waals surface area contributed by atoms with Crippen LogP contribution in [-0.4, -0.2) is 20.4 Å². The number of fused-ring (bicyclic) bond motifs is 2. The van der Waals surface area contributed by atoms with E-state index in [0.29, 0.717) is 31.6 Å². The molecule has 2 aromatic heterocycles. The largest absolute Gasteiger partial charge is 0.157 e. The maximum atomic E-state index is 6.16. The zero-order chi connectivity index (χ0) is 23.7. The van der Waals surface area contributed by atoms with Crippen LogP contribution in [0.15, 0.2) is 78.4 Å². The van der Waals surface area contributed by atoms with E-state index in [0.717, 1.165) is 40.8 Å². The van der Waals surface area contributed by atoms with Crippen molar-refractivity contribution in [2.75, 3.05) is 0 Å². The molecule has 0 saturated carbocycles. The monoisotopic (exact) mass is 600 g/mol. The highest BCUT2D eigenvalue weighted by molar-refractivity contribution is 8.06. The van der Waals surface area contributed by atoms with Crippen molar-refractivity contribution in [1.29, 1.82) is 0 Å². The molecule has 1 aliphatic rings. The lowest BCUT2D eigenvalue weighted by atomic mass is 10.2. The third kappa shape index (κ3) is 5.60. The van der Waals surface area contributed by atoms with Gasteiger partial charge in [0.1, 0.15) is 10.1 Å². The fourth-order valence-electron chi connectivity index (χ4n) is 2.99. The Labute approximate surface area is 233 Å². The second kappa shape index (κ2) is 11.0. The molecule has 0 unspecified atom stereocenters. The molecule has 0 atom stereocenters. The molecule has 5 rings (SSSR count). The van der Waals surface area contributed by atoms with E-state index >= 15 is 0 Å². The standard InChI is InChI=1S/C22H12Cl4N4S4/c23-13-3-1-11(5-15(13)25)9-31-21-19-17(7-27-29-21)34-20-18(33-19)8-28-30-22(20)32-10-12-2-4-14(24)16(26)6-12/h1-8H,9-10H2. The summed E-state index contributed by atoms with van der Waals surface area (Å²) in [6.07, 6.45) is 3.60. The fourth-order valence-corrected chi connectivity index (χ4v) is 8.10. The van der Waals surface area contributed by atoms with Crippen molar-refractivity contribution in [2.24, 2.45) is 0 Å². The van der Waals surface area contributed by atoms with Crippen LogP contribution in [0, 0.1) is 0 Å². The first-order valence-corrected chi connectivity index (χ1v) is 14.8. The summed E-state index contributed by atoms with van der Waals surface area (Å²) in [5, 5.41) is 21.2. The minimum atomic E-state index is 0.546. The zero-order valence-corrected chi connectivity index (χ0v) is 23.3. The van der Waals surface area contributed by atoms with Gasteiger partial charge < -0.3 is 0 Å². The second-order valence-electron chi connectivity index (χ2n) is 6.96. The Kier molecular flexibility index (Phi) is 8.07. The van der Waals surface area contributed by atoms with E-state index in [-0.39, 0.29) is 0 Å². The number of rotatable bonds is 6. The molecule has 4 nitrogen and oxygen atoms in total. The van der Waals surface area contributed by atoms with Gasteiger partial charge >= 0.3 is 0 Å². The van der Waals surface area contributed by atoms with Crippen LogP contribution < -0.4 is 0 Å². The van der Waals surface area contributed by atoms with Crippen LogP contribution >= 0.6 is 93.5 Å². The third-order valence-electron chi connectivity index (χ3n) is 4.63. The molecule has 1 aliphatic heterocycles. The Morgan fingerprint density at radius 1 is 0.618 bits per heavy atom. The normalized spacial score (nSPS) is 12.4. The van der Waals surface area contributed by atoms with Gasteiger partial charge in [-0.15, -0.1) is 10.2 Å².